The summed E-state index contributed by atoms with van der Waals surface area (Å²) < 4.78 is 17.6. The minimum absolute atomic E-state index is 0. The highest BCUT2D eigenvalue weighted by Crippen LogP contribution is 2.52. The van der Waals surface area contributed by atoms with Crippen LogP contribution < -0.4 is 4.74 Å². The fourth-order valence-electron chi connectivity index (χ4n) is 7.18. The number of ether oxygens (including phenoxy) is 3. The number of likely N-dealkylation sites (tertiary alicyclic amines) is 1. The minimum atomic E-state index is -2.25. The molecule has 13 nitrogen and oxygen atoms in total. The number of benzene rings is 2. The van der Waals surface area contributed by atoms with E-state index in [0.29, 0.717) is 0 Å². The topological polar surface area (TPSA) is 196 Å². The van der Waals surface area contributed by atoms with Crippen molar-refractivity contribution in [2.75, 3.05) is 26.8 Å². The molecule has 2 aliphatic heterocycles. The van der Waals surface area contributed by atoms with Gasteiger partial charge in [0.1, 0.15) is 35.6 Å². The first-order chi connectivity index (χ1) is 21.9. The standard InChI is InChI=1S/C33H38N2O11.ClH/c1-15-28(38)19(34-16(2)35-9-4-5-10-35)11-23(45-15)46-21-13-33(43,22(37)14-36)12-18-25(21)32(42)27-26(30(18)40)29(39)17-7-6-8-20(44-3)24(17)31(27)41;/h6-8,15,19,21,23,28,36,38,40,42-43H,4-5,9-14H2,1-3H3;1H/t15?,19-,21-,23?,28-,33?;/m0./s1. The van der Waals surface area contributed by atoms with Crippen molar-refractivity contribution >= 4 is 35.6 Å². The number of hydrogen-bond acceptors (Lipinski definition) is 12. The number of fused-ring (bicyclic) bond motifs is 3. The van der Waals surface area contributed by atoms with Crippen LogP contribution in [0.4, 0.5) is 0 Å². The monoisotopic (exact) mass is 674 g/mol. The van der Waals surface area contributed by atoms with Gasteiger partial charge in [-0.3, -0.25) is 19.4 Å². The van der Waals surface area contributed by atoms with Crippen molar-refractivity contribution in [3.8, 4) is 17.2 Å². The molecular formula is C33H39ClN2O11. The molecule has 0 bridgehead atoms. The molecule has 2 aromatic rings. The van der Waals surface area contributed by atoms with Gasteiger partial charge < -0.3 is 44.6 Å². The zero-order valence-corrected chi connectivity index (χ0v) is 27.1. The van der Waals surface area contributed by atoms with Gasteiger partial charge in [0.05, 0.1) is 47.9 Å². The molecule has 2 aliphatic carbocycles. The van der Waals surface area contributed by atoms with Crippen LogP contribution in [0.5, 0.6) is 17.2 Å². The molecule has 6 atom stereocenters. The third kappa shape index (κ3) is 5.79. The van der Waals surface area contributed by atoms with E-state index in [1.54, 1.807) is 6.92 Å². The number of phenolic OH excluding ortho intramolecular Hbond substituents is 2. The van der Waals surface area contributed by atoms with Gasteiger partial charge in [0.15, 0.2) is 17.9 Å². The lowest BCUT2D eigenvalue weighted by molar-refractivity contribution is -0.247. The van der Waals surface area contributed by atoms with E-state index in [9.17, 15) is 39.9 Å². The normalized spacial score (nSPS) is 28.7. The summed E-state index contributed by atoms with van der Waals surface area (Å²) in [5.41, 5.74) is -3.58. The Morgan fingerprint density at radius 3 is 2.45 bits per heavy atom. The Labute approximate surface area is 277 Å². The number of aliphatic imine (C=N–C) groups is 1. The van der Waals surface area contributed by atoms with Gasteiger partial charge in [0.2, 0.25) is 5.78 Å². The molecule has 0 saturated carbocycles. The molecule has 0 aromatic heterocycles. The summed E-state index contributed by atoms with van der Waals surface area (Å²) >= 11 is 0. The number of ketones is 3. The van der Waals surface area contributed by atoms with Crippen LogP contribution in [0.1, 0.15) is 88.6 Å². The van der Waals surface area contributed by atoms with Crippen LogP contribution in [0, 0.1) is 0 Å². The van der Waals surface area contributed by atoms with E-state index in [0.717, 1.165) is 31.8 Å². The molecule has 0 amide bonds. The Kier molecular flexibility index (Phi) is 9.71. The number of carbonyl (C=O) groups is 3. The summed E-state index contributed by atoms with van der Waals surface area (Å²) in [5.74, 6) is -2.94. The molecule has 254 valence electrons. The van der Waals surface area contributed by atoms with Crippen LogP contribution in [0.25, 0.3) is 0 Å². The fourth-order valence-corrected chi connectivity index (χ4v) is 7.18. The Morgan fingerprint density at radius 2 is 1.79 bits per heavy atom. The Balaban J connectivity index is 0.00000433. The smallest absolute Gasteiger partial charge is 0.202 e. The van der Waals surface area contributed by atoms with Crippen molar-refractivity contribution in [3.63, 3.8) is 0 Å². The lowest BCUT2D eigenvalue weighted by atomic mass is 9.72. The highest BCUT2D eigenvalue weighted by Gasteiger charge is 2.50. The van der Waals surface area contributed by atoms with Crippen LogP contribution in [0.2, 0.25) is 0 Å². The van der Waals surface area contributed by atoms with Gasteiger partial charge in [-0.25, -0.2) is 0 Å². The van der Waals surface area contributed by atoms with Gasteiger partial charge in [0.25, 0.3) is 0 Å². The molecule has 0 radical (unpaired) electrons. The predicted molar refractivity (Wildman–Crippen MR) is 169 cm³/mol. The second-order valence-corrected chi connectivity index (χ2v) is 12.4. The van der Waals surface area contributed by atoms with Crippen molar-refractivity contribution in [2.45, 2.75) is 82.2 Å². The molecule has 5 N–H and O–H groups in total. The van der Waals surface area contributed by atoms with Gasteiger partial charge in [-0.15, -0.1) is 12.4 Å². The van der Waals surface area contributed by atoms with E-state index in [1.165, 1.54) is 25.3 Å². The quantitative estimate of drug-likeness (QED) is 0.145. The third-order valence-electron chi connectivity index (χ3n) is 9.65. The number of Topliss-reactive ketones (excluding diaryl/α,β-unsaturated/α-hetero) is 1. The van der Waals surface area contributed by atoms with E-state index in [-0.39, 0.29) is 46.8 Å². The lowest BCUT2D eigenvalue weighted by Gasteiger charge is -2.42. The van der Waals surface area contributed by atoms with Crippen LogP contribution in [-0.2, 0) is 20.7 Å². The number of methoxy groups -OCH3 is 1. The van der Waals surface area contributed by atoms with Crippen LogP contribution >= 0.6 is 12.4 Å². The predicted octanol–water partition coefficient (Wildman–Crippen LogP) is 1.98. The molecule has 4 aliphatic rings. The van der Waals surface area contributed by atoms with Gasteiger partial charge in [-0.1, -0.05) is 12.1 Å². The molecule has 2 aromatic carbocycles. The summed E-state index contributed by atoms with van der Waals surface area (Å²) in [4.78, 5) is 47.3. The number of aromatic hydroxyl groups is 2. The molecule has 2 fully saturated rings. The minimum Gasteiger partial charge on any atom is -0.507 e. The second-order valence-electron chi connectivity index (χ2n) is 12.4. The van der Waals surface area contributed by atoms with Crippen molar-refractivity contribution in [1.29, 1.82) is 0 Å². The number of aliphatic hydroxyl groups excluding tert-OH is 2. The number of nitrogens with zero attached hydrogens (tertiary/aromatic N) is 2. The van der Waals surface area contributed by atoms with Gasteiger partial charge >= 0.3 is 0 Å². The average Bonchev–Trinajstić information content (AvgIpc) is 3.58. The number of rotatable bonds is 6. The van der Waals surface area contributed by atoms with Crippen LogP contribution in [-0.4, -0.2) is 111 Å². The first kappa shape index (κ1) is 34.7. The molecule has 2 heterocycles. The number of amidine groups is 1. The Morgan fingerprint density at radius 1 is 1.11 bits per heavy atom. The molecule has 3 unspecified atom stereocenters. The first-order valence-electron chi connectivity index (χ1n) is 15.4. The van der Waals surface area contributed by atoms with Crippen molar-refractivity contribution in [2.24, 2.45) is 4.99 Å². The Hall–Kier alpha value is -3.59. The number of carbonyl (C=O) groups excluding carboxylic acids is 3. The summed E-state index contributed by atoms with van der Waals surface area (Å²) in [6.07, 6.45) is -2.94. The number of phenols is 2. The highest BCUT2D eigenvalue weighted by atomic mass is 35.5. The zero-order valence-electron chi connectivity index (χ0n) is 26.3. The third-order valence-corrected chi connectivity index (χ3v) is 9.65. The molecule has 2 saturated heterocycles. The maximum Gasteiger partial charge on any atom is 0.202 e. The van der Waals surface area contributed by atoms with E-state index < -0.39 is 95.7 Å². The van der Waals surface area contributed by atoms with E-state index >= 15 is 0 Å². The van der Waals surface area contributed by atoms with E-state index in [1.807, 2.05) is 6.92 Å². The zero-order chi connectivity index (χ0) is 33.1. The highest BCUT2D eigenvalue weighted by molar-refractivity contribution is 6.31. The van der Waals surface area contributed by atoms with Gasteiger partial charge in [0, 0.05) is 49.0 Å². The number of hydrogen-bond donors (Lipinski definition) is 5. The molecule has 14 heteroatoms. The maximum absolute atomic E-state index is 13.9. The SMILES string of the molecule is COc1cccc2c1C(=O)c1c(O)c3c(c(O)c1C2=O)CC(O)(C(=O)CO)C[C@@H]3OC1C[C@H](N=C(C)N2CCCC2)[C@@H](O)C(C)O1.Cl. The summed E-state index contributed by atoms with van der Waals surface area (Å²) in [7, 11) is 1.34. The molecule has 47 heavy (non-hydrogen) atoms. The average molecular weight is 675 g/mol. The van der Waals surface area contributed by atoms with Crippen molar-refractivity contribution < 1.29 is 54.1 Å². The lowest BCUT2D eigenvalue weighted by Crippen LogP contribution is -2.50. The summed E-state index contributed by atoms with van der Waals surface area (Å²) in [6, 6.07) is 3.79. The second kappa shape index (κ2) is 13.1. The van der Waals surface area contributed by atoms with Crippen LogP contribution in [0.3, 0.4) is 0 Å². The molecule has 6 rings (SSSR count). The molecule has 0 spiro atoms. The molecular weight excluding hydrogens is 636 g/mol. The van der Waals surface area contributed by atoms with Gasteiger partial charge in [-0.2, -0.15) is 0 Å². The van der Waals surface area contributed by atoms with Crippen molar-refractivity contribution in [1.82, 2.24) is 4.90 Å². The maximum atomic E-state index is 13.9. The number of halogens is 1. The largest absolute Gasteiger partial charge is 0.507 e. The summed E-state index contributed by atoms with van der Waals surface area (Å²) in [5, 5.41) is 55.3. The van der Waals surface area contributed by atoms with Crippen molar-refractivity contribution in [3.05, 3.63) is 51.6 Å². The first-order valence-corrected chi connectivity index (χ1v) is 15.4. The number of aliphatic hydroxyl groups is 3. The fraction of sp³-hybridized carbons (Fsp3) is 0.515. The summed E-state index contributed by atoms with van der Waals surface area (Å²) in [6.45, 7) is 4.25. The Bertz CT molecular complexity index is 1640. The van der Waals surface area contributed by atoms with E-state index in [4.69, 9.17) is 19.2 Å². The van der Waals surface area contributed by atoms with E-state index in [2.05, 4.69) is 4.90 Å². The van der Waals surface area contributed by atoms with Gasteiger partial charge in [-0.05, 0) is 32.8 Å². The van der Waals surface area contributed by atoms with Crippen LogP contribution in [0.15, 0.2) is 23.2 Å².